The zero-order valence-corrected chi connectivity index (χ0v) is 21.1. The maximum atomic E-state index is 13.6. The van der Waals surface area contributed by atoms with Gasteiger partial charge in [-0.3, -0.25) is 19.3 Å². The number of nitrogens with zero attached hydrogens (tertiary/aromatic N) is 1. The molecule has 0 bridgehead atoms. The van der Waals surface area contributed by atoms with Gasteiger partial charge in [0.15, 0.2) is 11.5 Å². The van der Waals surface area contributed by atoms with E-state index in [4.69, 9.17) is 9.47 Å². The summed E-state index contributed by atoms with van der Waals surface area (Å²) in [4.78, 5) is 38.7. The van der Waals surface area contributed by atoms with Crippen molar-refractivity contribution in [3.63, 3.8) is 0 Å². The number of ether oxygens (including phenoxy) is 2. The lowest BCUT2D eigenvalue weighted by atomic mass is 10.0. The Balaban J connectivity index is 2.57. The molecule has 0 aromatic heterocycles. The van der Waals surface area contributed by atoms with Crippen LogP contribution in [0.1, 0.15) is 41.4 Å². The smallest absolute Gasteiger partial charge is 0.263 e. The highest BCUT2D eigenvalue weighted by Gasteiger charge is 2.29. The average Bonchev–Trinajstić information content (AvgIpc) is 2.73. The van der Waals surface area contributed by atoms with Crippen molar-refractivity contribution in [1.82, 2.24) is 4.90 Å². The van der Waals surface area contributed by atoms with E-state index in [-0.39, 0.29) is 11.5 Å². The van der Waals surface area contributed by atoms with E-state index >= 15 is 0 Å². The summed E-state index contributed by atoms with van der Waals surface area (Å²) in [7, 11) is 1.55. The number of carbonyl (C=O) groups is 3. The van der Waals surface area contributed by atoms with E-state index in [0.717, 1.165) is 10.5 Å². The first kappa shape index (κ1) is 25.7. The predicted molar refractivity (Wildman–Crippen MR) is 131 cm³/mol. The van der Waals surface area contributed by atoms with Crippen LogP contribution in [0.3, 0.4) is 0 Å². The first-order chi connectivity index (χ1) is 15.3. The fourth-order valence-electron chi connectivity index (χ4n) is 3.37. The number of thioether (sulfide) groups is 1. The van der Waals surface area contributed by atoms with Gasteiger partial charge in [-0.25, -0.2) is 0 Å². The monoisotopic (exact) mass is 522 g/mol. The minimum atomic E-state index is -0.548. The summed E-state index contributed by atoms with van der Waals surface area (Å²) in [5, 5.41) is 2.69. The van der Waals surface area contributed by atoms with Crippen LogP contribution in [-0.2, 0) is 9.59 Å². The molecule has 2 rings (SSSR count). The van der Waals surface area contributed by atoms with Crippen molar-refractivity contribution in [3.05, 3.63) is 51.5 Å². The highest BCUT2D eigenvalue weighted by atomic mass is 79.9. The largest absolute Gasteiger partial charge is 0.493 e. The Bertz CT molecular complexity index is 999. The molecule has 0 fully saturated rings. The van der Waals surface area contributed by atoms with E-state index in [9.17, 15) is 14.4 Å². The third-order valence-corrected chi connectivity index (χ3v) is 5.81. The van der Waals surface area contributed by atoms with Crippen LogP contribution in [0, 0.1) is 6.92 Å². The zero-order valence-electron chi connectivity index (χ0n) is 18.7. The van der Waals surface area contributed by atoms with E-state index in [1.54, 1.807) is 38.3 Å². The van der Waals surface area contributed by atoms with Crippen molar-refractivity contribution >= 4 is 51.6 Å². The number of amides is 3. The van der Waals surface area contributed by atoms with Crippen molar-refractivity contribution in [3.8, 4) is 11.5 Å². The van der Waals surface area contributed by atoms with Crippen LogP contribution in [0.15, 0.2) is 34.8 Å². The van der Waals surface area contributed by atoms with Gasteiger partial charge in [0.1, 0.15) is 0 Å². The molecule has 0 aliphatic rings. The molecule has 0 spiro atoms. The molecule has 0 aliphatic carbocycles. The molecule has 0 saturated carbocycles. The molecule has 172 valence electrons. The minimum absolute atomic E-state index is 0.264. The van der Waals surface area contributed by atoms with Crippen molar-refractivity contribution in [2.24, 2.45) is 0 Å². The number of hydrogen-bond donors (Lipinski definition) is 1. The van der Waals surface area contributed by atoms with Crippen LogP contribution < -0.4 is 14.8 Å². The summed E-state index contributed by atoms with van der Waals surface area (Å²) < 4.78 is 11.7. The first-order valence-corrected chi connectivity index (χ1v) is 12.1. The molecular formula is C23H27BrN2O5S. The zero-order chi connectivity index (χ0) is 23.8. The molecule has 9 heteroatoms. The standard InChI is InChI=1S/C23H27BrN2O5S/c1-6-31-21-10-16(7-8-20(21)30-4)19(12-32-5)26(13-27)23(29)22-14(2)9-17(24)11-18(22)25-15(3)28/h7-11,13,19H,6,12H2,1-5H3,(H,25,28)/t19-/m1/s1. The van der Waals surface area contributed by atoms with Gasteiger partial charge in [-0.05, 0) is 55.5 Å². The summed E-state index contributed by atoms with van der Waals surface area (Å²) in [6, 6.07) is 8.23. The molecule has 0 heterocycles. The fraction of sp³-hybridized carbons (Fsp3) is 0.348. The van der Waals surface area contributed by atoms with E-state index in [1.807, 2.05) is 19.2 Å². The van der Waals surface area contributed by atoms with Gasteiger partial charge in [0, 0.05) is 17.1 Å². The average molecular weight is 523 g/mol. The number of anilines is 1. The molecule has 3 amide bonds. The summed E-state index contributed by atoms with van der Waals surface area (Å²) in [5.41, 5.74) is 1.97. The van der Waals surface area contributed by atoms with E-state index < -0.39 is 11.9 Å². The molecule has 7 nitrogen and oxygen atoms in total. The number of rotatable bonds is 10. The Morgan fingerprint density at radius 1 is 1.25 bits per heavy atom. The number of nitrogens with one attached hydrogen (secondary N) is 1. The third-order valence-electron chi connectivity index (χ3n) is 4.71. The Kier molecular flexibility index (Phi) is 9.59. The number of hydrogen-bond acceptors (Lipinski definition) is 6. The molecule has 1 atom stereocenters. The normalized spacial score (nSPS) is 11.4. The Labute approximate surface area is 201 Å². The number of carbonyl (C=O) groups excluding carboxylic acids is 3. The number of benzene rings is 2. The van der Waals surface area contributed by atoms with Gasteiger partial charge < -0.3 is 14.8 Å². The Morgan fingerprint density at radius 2 is 1.97 bits per heavy atom. The SMILES string of the molecule is CCOc1cc([C@@H](CSC)N(C=O)C(=O)c2c(C)cc(Br)cc2NC(C)=O)ccc1OC. The minimum Gasteiger partial charge on any atom is -0.493 e. The van der Waals surface area contributed by atoms with Crippen molar-refractivity contribution in [2.45, 2.75) is 26.8 Å². The van der Waals surface area contributed by atoms with Gasteiger partial charge in [-0.15, -0.1) is 0 Å². The van der Waals surface area contributed by atoms with E-state index in [2.05, 4.69) is 21.2 Å². The Hall–Kier alpha value is -2.52. The van der Waals surface area contributed by atoms with Crippen LogP contribution in [0.2, 0.25) is 0 Å². The van der Waals surface area contributed by atoms with Gasteiger partial charge in [0.05, 0.1) is 31.0 Å². The molecule has 32 heavy (non-hydrogen) atoms. The van der Waals surface area contributed by atoms with Crippen LogP contribution >= 0.6 is 27.7 Å². The van der Waals surface area contributed by atoms with E-state index in [0.29, 0.717) is 46.0 Å². The molecule has 2 aromatic carbocycles. The lowest BCUT2D eigenvalue weighted by Crippen LogP contribution is -2.36. The van der Waals surface area contributed by atoms with Gasteiger partial charge in [-0.1, -0.05) is 22.0 Å². The number of halogens is 1. The fourth-order valence-corrected chi connectivity index (χ4v) is 4.61. The molecule has 2 aromatic rings. The topological polar surface area (TPSA) is 84.9 Å². The second-order valence-electron chi connectivity index (χ2n) is 6.96. The second-order valence-corrected chi connectivity index (χ2v) is 8.79. The Morgan fingerprint density at radius 3 is 2.53 bits per heavy atom. The lowest BCUT2D eigenvalue weighted by Gasteiger charge is -2.28. The molecule has 1 N–H and O–H groups in total. The van der Waals surface area contributed by atoms with Crippen LogP contribution in [0.25, 0.3) is 0 Å². The number of methoxy groups -OCH3 is 1. The maximum Gasteiger partial charge on any atom is 0.263 e. The predicted octanol–water partition coefficient (Wildman–Crippen LogP) is 4.83. The first-order valence-electron chi connectivity index (χ1n) is 9.92. The highest BCUT2D eigenvalue weighted by Crippen LogP contribution is 2.35. The molecule has 0 saturated heterocycles. The quantitative estimate of drug-likeness (QED) is 0.450. The van der Waals surface area contributed by atoms with Crippen molar-refractivity contribution in [1.29, 1.82) is 0 Å². The number of aryl methyl sites for hydroxylation is 1. The molecule has 0 aliphatic heterocycles. The summed E-state index contributed by atoms with van der Waals surface area (Å²) in [5.74, 6) is 0.774. The maximum absolute atomic E-state index is 13.6. The molecular weight excluding hydrogens is 496 g/mol. The van der Waals surface area contributed by atoms with Crippen LogP contribution in [-0.4, -0.2) is 48.8 Å². The van der Waals surface area contributed by atoms with Gasteiger partial charge in [0.25, 0.3) is 5.91 Å². The van der Waals surface area contributed by atoms with Crippen LogP contribution in [0.4, 0.5) is 5.69 Å². The third kappa shape index (κ3) is 6.04. The summed E-state index contributed by atoms with van der Waals surface area (Å²) >= 11 is 4.90. The van der Waals surface area contributed by atoms with E-state index in [1.165, 1.54) is 18.7 Å². The highest BCUT2D eigenvalue weighted by molar-refractivity contribution is 9.10. The van der Waals surface area contributed by atoms with Gasteiger partial charge >= 0.3 is 0 Å². The second kappa shape index (κ2) is 11.9. The number of imide groups is 1. The van der Waals surface area contributed by atoms with Crippen molar-refractivity contribution in [2.75, 3.05) is 31.0 Å². The van der Waals surface area contributed by atoms with Crippen molar-refractivity contribution < 1.29 is 23.9 Å². The molecule has 0 unspecified atom stereocenters. The lowest BCUT2D eigenvalue weighted by molar-refractivity contribution is -0.117. The van der Waals surface area contributed by atoms with Gasteiger partial charge in [-0.2, -0.15) is 11.8 Å². The van der Waals surface area contributed by atoms with Gasteiger partial charge in [0.2, 0.25) is 12.3 Å². The van der Waals surface area contributed by atoms with Crippen LogP contribution in [0.5, 0.6) is 11.5 Å². The molecule has 0 radical (unpaired) electrons. The summed E-state index contributed by atoms with van der Waals surface area (Å²) in [6.07, 6.45) is 2.44. The summed E-state index contributed by atoms with van der Waals surface area (Å²) in [6.45, 7) is 5.44.